The highest BCUT2D eigenvalue weighted by Gasteiger charge is 2.44. The van der Waals surface area contributed by atoms with Crippen LogP contribution in [0.3, 0.4) is 0 Å². The van der Waals surface area contributed by atoms with Crippen molar-refractivity contribution in [3.8, 4) is 0 Å². The smallest absolute Gasteiger partial charge is 0.0685 e. The average Bonchev–Trinajstić information content (AvgIpc) is 3.21. The molecule has 0 amide bonds. The molecule has 98 valence electrons. The van der Waals surface area contributed by atoms with Gasteiger partial charge in [-0.1, -0.05) is 37.3 Å². The summed E-state index contributed by atoms with van der Waals surface area (Å²) < 4.78 is 6.32. The molecule has 0 aromatic heterocycles. The fraction of sp³-hybridized carbons (Fsp3) is 0.647. The molecule has 2 fully saturated rings. The van der Waals surface area contributed by atoms with Crippen molar-refractivity contribution in [2.45, 2.75) is 69.5 Å². The van der Waals surface area contributed by atoms with Crippen molar-refractivity contribution >= 4 is 0 Å². The van der Waals surface area contributed by atoms with Gasteiger partial charge >= 0.3 is 0 Å². The maximum absolute atomic E-state index is 6.32. The fourth-order valence-corrected chi connectivity index (χ4v) is 3.29. The van der Waals surface area contributed by atoms with E-state index in [1.165, 1.54) is 50.5 Å². The van der Waals surface area contributed by atoms with Gasteiger partial charge in [-0.25, -0.2) is 0 Å². The molecule has 0 unspecified atom stereocenters. The first kappa shape index (κ1) is 12.2. The van der Waals surface area contributed by atoms with Crippen molar-refractivity contribution in [2.75, 3.05) is 0 Å². The van der Waals surface area contributed by atoms with E-state index >= 15 is 0 Å². The Hall–Kier alpha value is -0.820. The summed E-state index contributed by atoms with van der Waals surface area (Å²) in [5.41, 5.74) is 1.82. The molecule has 0 saturated heterocycles. The van der Waals surface area contributed by atoms with E-state index in [0.717, 1.165) is 5.92 Å². The van der Waals surface area contributed by atoms with Crippen molar-refractivity contribution in [1.82, 2.24) is 0 Å². The number of rotatable bonds is 4. The molecule has 0 N–H and O–H groups in total. The Labute approximate surface area is 111 Å². The van der Waals surface area contributed by atoms with Gasteiger partial charge in [-0.3, -0.25) is 0 Å². The highest BCUT2D eigenvalue weighted by molar-refractivity contribution is 5.20. The SMILES string of the molecule is CCC1(OC2CCC(c3ccccc3)CC2)CC1. The van der Waals surface area contributed by atoms with Crippen LogP contribution in [0.4, 0.5) is 0 Å². The summed E-state index contributed by atoms with van der Waals surface area (Å²) in [7, 11) is 0. The lowest BCUT2D eigenvalue weighted by molar-refractivity contribution is -0.0501. The predicted octanol–water partition coefficient (Wildman–Crippen LogP) is 4.67. The molecule has 0 atom stereocenters. The zero-order valence-electron chi connectivity index (χ0n) is 11.4. The summed E-state index contributed by atoms with van der Waals surface area (Å²) in [6, 6.07) is 11.0. The molecule has 0 aliphatic heterocycles. The highest BCUT2D eigenvalue weighted by Crippen LogP contribution is 2.46. The Morgan fingerprint density at radius 2 is 1.72 bits per heavy atom. The maximum Gasteiger partial charge on any atom is 0.0685 e. The maximum atomic E-state index is 6.32. The van der Waals surface area contributed by atoms with Gasteiger partial charge in [0.15, 0.2) is 0 Å². The largest absolute Gasteiger partial charge is 0.372 e. The van der Waals surface area contributed by atoms with Crippen LogP contribution in [0, 0.1) is 0 Å². The van der Waals surface area contributed by atoms with Gasteiger partial charge in [0.25, 0.3) is 0 Å². The number of ether oxygens (including phenoxy) is 1. The van der Waals surface area contributed by atoms with Crippen molar-refractivity contribution in [3.05, 3.63) is 35.9 Å². The van der Waals surface area contributed by atoms with Crippen LogP contribution in [0.1, 0.15) is 63.4 Å². The molecule has 2 saturated carbocycles. The molecule has 18 heavy (non-hydrogen) atoms. The molecular formula is C17H24O. The van der Waals surface area contributed by atoms with Crippen LogP contribution >= 0.6 is 0 Å². The monoisotopic (exact) mass is 244 g/mol. The first-order valence-corrected chi connectivity index (χ1v) is 7.54. The zero-order chi connectivity index (χ0) is 12.4. The standard InChI is InChI=1S/C17H24O/c1-2-17(12-13-17)18-16-10-8-15(9-11-16)14-6-4-3-5-7-14/h3-7,15-16H,2,8-13H2,1H3. The molecule has 1 nitrogen and oxygen atoms in total. The van der Waals surface area contributed by atoms with Crippen LogP contribution in [0.15, 0.2) is 30.3 Å². The minimum Gasteiger partial charge on any atom is -0.372 e. The first-order chi connectivity index (χ1) is 8.81. The second-order valence-corrected chi connectivity index (χ2v) is 6.04. The molecule has 0 spiro atoms. The molecule has 0 bridgehead atoms. The Morgan fingerprint density at radius 1 is 1.06 bits per heavy atom. The van der Waals surface area contributed by atoms with Gasteiger partial charge < -0.3 is 4.74 Å². The van der Waals surface area contributed by atoms with Crippen LogP contribution in [0.5, 0.6) is 0 Å². The number of benzene rings is 1. The zero-order valence-corrected chi connectivity index (χ0v) is 11.4. The lowest BCUT2D eigenvalue weighted by Gasteiger charge is -2.31. The van der Waals surface area contributed by atoms with Gasteiger partial charge in [0.2, 0.25) is 0 Å². The summed E-state index contributed by atoms with van der Waals surface area (Å²) in [6.45, 7) is 2.27. The molecule has 0 radical (unpaired) electrons. The molecule has 0 heterocycles. The van der Waals surface area contributed by atoms with Crippen LogP contribution in [-0.2, 0) is 4.74 Å². The van der Waals surface area contributed by atoms with Crippen LogP contribution in [0.25, 0.3) is 0 Å². The van der Waals surface area contributed by atoms with Gasteiger partial charge in [-0.15, -0.1) is 0 Å². The van der Waals surface area contributed by atoms with E-state index in [1.54, 1.807) is 0 Å². The summed E-state index contributed by atoms with van der Waals surface area (Å²) in [5, 5.41) is 0. The lowest BCUT2D eigenvalue weighted by Crippen LogP contribution is -2.27. The highest BCUT2D eigenvalue weighted by atomic mass is 16.5. The Balaban J connectivity index is 1.52. The van der Waals surface area contributed by atoms with Crippen molar-refractivity contribution in [3.63, 3.8) is 0 Å². The van der Waals surface area contributed by atoms with E-state index in [-0.39, 0.29) is 0 Å². The van der Waals surface area contributed by atoms with E-state index in [0.29, 0.717) is 11.7 Å². The minimum absolute atomic E-state index is 0.296. The normalized spacial score (nSPS) is 30.1. The second kappa shape index (κ2) is 5.05. The fourth-order valence-electron chi connectivity index (χ4n) is 3.29. The molecule has 2 aliphatic carbocycles. The number of hydrogen-bond donors (Lipinski definition) is 0. The third-order valence-electron chi connectivity index (χ3n) is 4.81. The van der Waals surface area contributed by atoms with Gasteiger partial charge in [-0.05, 0) is 56.4 Å². The average molecular weight is 244 g/mol. The Kier molecular flexibility index (Phi) is 3.43. The first-order valence-electron chi connectivity index (χ1n) is 7.54. The third kappa shape index (κ3) is 2.61. The molecule has 1 aromatic rings. The van der Waals surface area contributed by atoms with Crippen LogP contribution in [0.2, 0.25) is 0 Å². The topological polar surface area (TPSA) is 9.23 Å². The predicted molar refractivity (Wildman–Crippen MR) is 74.8 cm³/mol. The molecule has 3 rings (SSSR count). The third-order valence-corrected chi connectivity index (χ3v) is 4.81. The van der Waals surface area contributed by atoms with Gasteiger partial charge in [0, 0.05) is 0 Å². The van der Waals surface area contributed by atoms with Crippen molar-refractivity contribution in [1.29, 1.82) is 0 Å². The van der Waals surface area contributed by atoms with Gasteiger partial charge in [0.05, 0.1) is 11.7 Å². The van der Waals surface area contributed by atoms with Gasteiger partial charge in [-0.2, -0.15) is 0 Å². The molecule has 2 aliphatic rings. The lowest BCUT2D eigenvalue weighted by atomic mass is 9.82. The van der Waals surface area contributed by atoms with E-state index in [2.05, 4.69) is 37.3 Å². The van der Waals surface area contributed by atoms with Crippen molar-refractivity contribution in [2.24, 2.45) is 0 Å². The molecular weight excluding hydrogens is 220 g/mol. The summed E-state index contributed by atoms with van der Waals surface area (Å²) in [4.78, 5) is 0. The van der Waals surface area contributed by atoms with Gasteiger partial charge in [0.1, 0.15) is 0 Å². The van der Waals surface area contributed by atoms with E-state index < -0.39 is 0 Å². The van der Waals surface area contributed by atoms with E-state index in [1.807, 2.05) is 0 Å². The Morgan fingerprint density at radius 3 is 2.28 bits per heavy atom. The summed E-state index contributed by atoms with van der Waals surface area (Å²) >= 11 is 0. The van der Waals surface area contributed by atoms with Crippen LogP contribution < -0.4 is 0 Å². The van der Waals surface area contributed by atoms with E-state index in [9.17, 15) is 0 Å². The van der Waals surface area contributed by atoms with E-state index in [4.69, 9.17) is 4.74 Å². The quantitative estimate of drug-likeness (QED) is 0.747. The minimum atomic E-state index is 0.296. The number of hydrogen-bond acceptors (Lipinski definition) is 1. The molecule has 1 aromatic carbocycles. The summed E-state index contributed by atoms with van der Waals surface area (Å²) in [5.74, 6) is 0.767. The summed E-state index contributed by atoms with van der Waals surface area (Å²) in [6.07, 6.45) is 9.42. The molecule has 1 heteroatoms. The Bertz CT molecular complexity index is 372. The second-order valence-electron chi connectivity index (χ2n) is 6.04. The van der Waals surface area contributed by atoms with Crippen LogP contribution in [-0.4, -0.2) is 11.7 Å². The van der Waals surface area contributed by atoms with Crippen molar-refractivity contribution < 1.29 is 4.74 Å².